The van der Waals surface area contributed by atoms with Crippen molar-refractivity contribution in [3.8, 4) is 0 Å². The number of likely N-dealkylation sites (tertiary alicyclic amines) is 1. The highest BCUT2D eigenvalue weighted by Crippen LogP contribution is 2.46. The van der Waals surface area contributed by atoms with Crippen LogP contribution in [0.3, 0.4) is 0 Å². The van der Waals surface area contributed by atoms with E-state index in [1.54, 1.807) is 10.1 Å². The third-order valence-electron chi connectivity index (χ3n) is 6.94. The molecule has 3 aromatic rings. The van der Waals surface area contributed by atoms with E-state index >= 15 is 0 Å². The summed E-state index contributed by atoms with van der Waals surface area (Å²) < 4.78 is 1.59. The molecule has 2 aliphatic rings. The van der Waals surface area contributed by atoms with Gasteiger partial charge >= 0.3 is 0 Å². The van der Waals surface area contributed by atoms with Gasteiger partial charge in [-0.25, -0.2) is 4.98 Å². The average Bonchev–Trinajstić information content (AvgIpc) is 3.32. The summed E-state index contributed by atoms with van der Waals surface area (Å²) in [5.41, 5.74) is 4.97. The summed E-state index contributed by atoms with van der Waals surface area (Å²) in [4.78, 5) is 19.8. The first-order valence-corrected chi connectivity index (χ1v) is 10.6. The van der Waals surface area contributed by atoms with E-state index in [9.17, 15) is 9.90 Å². The molecule has 150 valence electrons. The number of imidazole rings is 1. The van der Waals surface area contributed by atoms with Crippen LogP contribution >= 0.6 is 0 Å². The van der Waals surface area contributed by atoms with Crippen molar-refractivity contribution in [1.29, 1.82) is 0 Å². The van der Waals surface area contributed by atoms with Crippen LogP contribution in [0.1, 0.15) is 47.4 Å². The van der Waals surface area contributed by atoms with Gasteiger partial charge in [-0.2, -0.15) is 0 Å². The van der Waals surface area contributed by atoms with E-state index in [-0.39, 0.29) is 12.5 Å². The Labute approximate surface area is 171 Å². The van der Waals surface area contributed by atoms with Crippen molar-refractivity contribution >= 4 is 16.9 Å². The van der Waals surface area contributed by atoms with Gasteiger partial charge in [-0.1, -0.05) is 36.4 Å². The van der Waals surface area contributed by atoms with Gasteiger partial charge in [-0.3, -0.25) is 9.36 Å². The Morgan fingerprint density at radius 2 is 1.79 bits per heavy atom. The van der Waals surface area contributed by atoms with Crippen LogP contribution in [0.15, 0.2) is 48.5 Å². The Morgan fingerprint density at radius 3 is 2.62 bits per heavy atom. The van der Waals surface area contributed by atoms with Crippen LogP contribution in [0.4, 0.5) is 0 Å². The SMILES string of the molecule is O=C(CCN1CCC2(CCc3ccccc32)CC1)n1c(CO)nc2ccccc21. The number of nitrogens with zero attached hydrogens (tertiary/aromatic N) is 3. The summed E-state index contributed by atoms with van der Waals surface area (Å²) in [6.07, 6.45) is 5.26. The fraction of sp³-hybridized carbons (Fsp3) is 0.417. The van der Waals surface area contributed by atoms with Gasteiger partial charge in [0.1, 0.15) is 12.4 Å². The number of aliphatic hydroxyl groups is 1. The Hall–Kier alpha value is -2.50. The van der Waals surface area contributed by atoms with Crippen LogP contribution in [-0.4, -0.2) is 45.1 Å². The smallest absolute Gasteiger partial charge is 0.233 e. The monoisotopic (exact) mass is 389 g/mol. The molecule has 1 saturated heterocycles. The van der Waals surface area contributed by atoms with Crippen LogP contribution in [0, 0.1) is 0 Å². The van der Waals surface area contributed by atoms with Crippen molar-refractivity contribution in [2.24, 2.45) is 0 Å². The maximum atomic E-state index is 12.9. The number of hydrogen-bond acceptors (Lipinski definition) is 4. The highest BCUT2D eigenvalue weighted by molar-refractivity contribution is 5.91. The van der Waals surface area contributed by atoms with Crippen LogP contribution in [0.5, 0.6) is 0 Å². The number of hydrogen-bond donors (Lipinski definition) is 1. The molecule has 1 N–H and O–H groups in total. The fourth-order valence-corrected chi connectivity index (χ4v) is 5.31. The predicted molar refractivity (Wildman–Crippen MR) is 113 cm³/mol. The second kappa shape index (κ2) is 7.39. The van der Waals surface area contributed by atoms with Gasteiger partial charge in [0.15, 0.2) is 0 Å². The summed E-state index contributed by atoms with van der Waals surface area (Å²) in [5.74, 6) is 0.436. The van der Waals surface area contributed by atoms with Crippen molar-refractivity contribution in [3.05, 3.63) is 65.5 Å². The van der Waals surface area contributed by atoms with Crippen molar-refractivity contribution < 1.29 is 9.90 Å². The topological polar surface area (TPSA) is 58.4 Å². The van der Waals surface area contributed by atoms with Crippen LogP contribution in [0.2, 0.25) is 0 Å². The van der Waals surface area contributed by atoms with Crippen LogP contribution in [0.25, 0.3) is 11.0 Å². The number of aromatic nitrogens is 2. The number of piperidine rings is 1. The average molecular weight is 389 g/mol. The lowest BCUT2D eigenvalue weighted by molar-refractivity contribution is 0.0859. The molecule has 2 aromatic carbocycles. The second-order valence-electron chi connectivity index (χ2n) is 8.43. The van der Waals surface area contributed by atoms with Gasteiger partial charge in [0.25, 0.3) is 0 Å². The summed E-state index contributed by atoms with van der Waals surface area (Å²) in [7, 11) is 0. The van der Waals surface area contributed by atoms with E-state index < -0.39 is 0 Å². The summed E-state index contributed by atoms with van der Waals surface area (Å²) in [6, 6.07) is 16.5. The molecule has 29 heavy (non-hydrogen) atoms. The molecule has 1 fully saturated rings. The predicted octanol–water partition coefficient (Wildman–Crippen LogP) is 3.54. The lowest BCUT2D eigenvalue weighted by Crippen LogP contribution is -2.42. The minimum Gasteiger partial charge on any atom is -0.388 e. The molecule has 1 aromatic heterocycles. The minimum absolute atomic E-state index is 0.00856. The molecule has 0 radical (unpaired) electrons. The zero-order chi connectivity index (χ0) is 19.8. The molecule has 0 atom stereocenters. The van der Waals surface area contributed by atoms with Gasteiger partial charge in [-0.05, 0) is 67.4 Å². The van der Waals surface area contributed by atoms with Crippen molar-refractivity contribution in [1.82, 2.24) is 14.5 Å². The number of benzene rings is 2. The maximum Gasteiger partial charge on any atom is 0.233 e. The molecule has 0 saturated carbocycles. The number of fused-ring (bicyclic) bond motifs is 3. The third kappa shape index (κ3) is 3.18. The van der Waals surface area contributed by atoms with Gasteiger partial charge in [0.2, 0.25) is 5.91 Å². The lowest BCUT2D eigenvalue weighted by Gasteiger charge is -2.40. The highest BCUT2D eigenvalue weighted by atomic mass is 16.3. The molecule has 5 nitrogen and oxygen atoms in total. The Balaban J connectivity index is 1.24. The van der Waals surface area contributed by atoms with Gasteiger partial charge in [0.05, 0.1) is 11.0 Å². The summed E-state index contributed by atoms with van der Waals surface area (Å²) >= 11 is 0. The van der Waals surface area contributed by atoms with Gasteiger partial charge in [-0.15, -0.1) is 0 Å². The number of para-hydroxylation sites is 2. The van der Waals surface area contributed by atoms with Crippen LogP contribution < -0.4 is 0 Å². The number of aliphatic hydroxyl groups excluding tert-OH is 1. The largest absolute Gasteiger partial charge is 0.388 e. The number of aryl methyl sites for hydroxylation is 1. The fourth-order valence-electron chi connectivity index (χ4n) is 5.31. The van der Waals surface area contributed by atoms with E-state index in [4.69, 9.17) is 0 Å². The Morgan fingerprint density at radius 1 is 1.03 bits per heavy atom. The van der Waals surface area contributed by atoms with Crippen molar-refractivity contribution in [2.45, 2.75) is 44.1 Å². The third-order valence-corrected chi connectivity index (χ3v) is 6.94. The normalized spacial score (nSPS) is 18.4. The lowest BCUT2D eigenvalue weighted by atomic mass is 9.74. The van der Waals surface area contributed by atoms with E-state index in [0.29, 0.717) is 17.7 Å². The number of rotatable bonds is 4. The number of carbonyl (C=O) groups is 1. The van der Waals surface area contributed by atoms with Crippen molar-refractivity contribution in [3.63, 3.8) is 0 Å². The molecule has 1 aliphatic heterocycles. The molecule has 1 aliphatic carbocycles. The number of carbonyl (C=O) groups excluding carboxylic acids is 1. The molecule has 5 rings (SSSR count). The zero-order valence-electron chi connectivity index (χ0n) is 16.7. The van der Waals surface area contributed by atoms with Gasteiger partial charge < -0.3 is 10.0 Å². The molecule has 0 amide bonds. The first-order valence-electron chi connectivity index (χ1n) is 10.6. The highest BCUT2D eigenvalue weighted by Gasteiger charge is 2.40. The molecular weight excluding hydrogens is 362 g/mol. The van der Waals surface area contributed by atoms with Gasteiger partial charge in [0, 0.05) is 13.0 Å². The standard InChI is InChI=1S/C24H27N3O2/c28-17-22-25-20-7-3-4-8-21(20)27(22)23(29)10-14-26-15-12-24(13-16-26)11-9-18-5-1-2-6-19(18)24/h1-8,28H,9-17H2. The molecule has 2 heterocycles. The van der Waals surface area contributed by atoms with E-state index in [1.807, 2.05) is 24.3 Å². The van der Waals surface area contributed by atoms with E-state index in [0.717, 1.165) is 30.7 Å². The molecule has 5 heteroatoms. The first-order chi connectivity index (χ1) is 14.2. The first kappa shape index (κ1) is 18.5. The zero-order valence-corrected chi connectivity index (χ0v) is 16.7. The van der Waals surface area contributed by atoms with Crippen LogP contribution in [-0.2, 0) is 18.4 Å². The molecule has 0 unspecified atom stereocenters. The molecule has 1 spiro atoms. The summed E-state index contributed by atoms with van der Waals surface area (Å²) in [5, 5.41) is 9.64. The second-order valence-corrected chi connectivity index (χ2v) is 8.43. The van der Waals surface area contributed by atoms with E-state index in [1.165, 1.54) is 31.2 Å². The Bertz CT molecular complexity index is 1050. The van der Waals surface area contributed by atoms with Crippen molar-refractivity contribution in [2.75, 3.05) is 19.6 Å². The Kier molecular flexibility index (Phi) is 4.72. The summed E-state index contributed by atoms with van der Waals surface area (Å²) in [6.45, 7) is 2.61. The maximum absolute atomic E-state index is 12.9. The quantitative estimate of drug-likeness (QED) is 0.742. The molecular formula is C24H27N3O2. The molecule has 0 bridgehead atoms. The van der Waals surface area contributed by atoms with E-state index in [2.05, 4.69) is 34.1 Å². The minimum atomic E-state index is -0.230.